The lowest BCUT2D eigenvalue weighted by Crippen LogP contribution is -2.14. The van der Waals surface area contributed by atoms with Crippen LogP contribution in [0.5, 0.6) is 0 Å². The number of anilines is 1. The van der Waals surface area contributed by atoms with Crippen molar-refractivity contribution in [1.29, 1.82) is 0 Å². The maximum absolute atomic E-state index is 5.67. The number of rotatable bonds is 3. The summed E-state index contributed by atoms with van der Waals surface area (Å²) in [5, 5.41) is 3.46. The fraction of sp³-hybridized carbons (Fsp3) is 0.364. The molecule has 0 amide bonds. The van der Waals surface area contributed by atoms with Gasteiger partial charge in [-0.25, -0.2) is 0 Å². The van der Waals surface area contributed by atoms with Gasteiger partial charge in [-0.15, -0.1) is 0 Å². The molecule has 1 fully saturated rings. The third kappa shape index (κ3) is 2.49. The number of thiocarbonyl (C=S) groups is 1. The van der Waals surface area contributed by atoms with E-state index in [2.05, 4.69) is 28.2 Å². The van der Waals surface area contributed by atoms with Crippen molar-refractivity contribution >= 4 is 38.8 Å². The molecule has 80 valence electrons. The summed E-state index contributed by atoms with van der Waals surface area (Å²) in [6.07, 6.45) is 1.23. The average Bonchev–Trinajstić information content (AvgIpc) is 2.81. The Labute approximate surface area is 103 Å². The number of benzene rings is 1. The van der Waals surface area contributed by atoms with Crippen molar-refractivity contribution in [3.8, 4) is 0 Å². The SMILES string of the molecule is CC1CC1Nc1cc(Br)ccc1C(N)=S. The summed E-state index contributed by atoms with van der Waals surface area (Å²) in [6.45, 7) is 2.23. The minimum absolute atomic E-state index is 0.443. The van der Waals surface area contributed by atoms with Crippen LogP contribution in [0.4, 0.5) is 5.69 Å². The molecule has 2 nitrogen and oxygen atoms in total. The molecule has 0 spiro atoms. The third-order valence-corrected chi connectivity index (χ3v) is 3.41. The smallest absolute Gasteiger partial charge is 0.106 e. The summed E-state index contributed by atoms with van der Waals surface area (Å²) >= 11 is 8.46. The molecule has 3 N–H and O–H groups in total. The van der Waals surface area contributed by atoms with E-state index in [4.69, 9.17) is 18.0 Å². The Morgan fingerprint density at radius 1 is 1.60 bits per heavy atom. The predicted octanol–water partition coefficient (Wildman–Crippen LogP) is 2.90. The Bertz CT molecular complexity index is 406. The summed E-state index contributed by atoms with van der Waals surface area (Å²) in [6, 6.07) is 6.50. The van der Waals surface area contributed by atoms with Crippen LogP contribution in [0.25, 0.3) is 0 Å². The van der Waals surface area contributed by atoms with Crippen molar-refractivity contribution < 1.29 is 0 Å². The topological polar surface area (TPSA) is 38.0 Å². The molecule has 15 heavy (non-hydrogen) atoms. The number of nitrogens with two attached hydrogens (primary N) is 1. The van der Waals surface area contributed by atoms with Crippen LogP contribution in [0.1, 0.15) is 18.9 Å². The minimum Gasteiger partial charge on any atom is -0.389 e. The molecule has 0 heterocycles. The number of halogens is 1. The summed E-state index contributed by atoms with van der Waals surface area (Å²) in [7, 11) is 0. The Hall–Kier alpha value is -0.610. The van der Waals surface area contributed by atoms with Crippen LogP contribution >= 0.6 is 28.1 Å². The molecule has 1 aromatic carbocycles. The standard InChI is InChI=1S/C11H13BrN2S/c1-6-4-9(6)14-10-5-7(12)2-3-8(10)11(13)15/h2-3,5-6,9,14H,4H2,1H3,(H2,13,15). The van der Waals surface area contributed by atoms with Gasteiger partial charge in [0.1, 0.15) is 4.99 Å². The molecular weight excluding hydrogens is 272 g/mol. The maximum Gasteiger partial charge on any atom is 0.106 e. The number of hydrogen-bond acceptors (Lipinski definition) is 2. The van der Waals surface area contributed by atoms with E-state index < -0.39 is 0 Å². The lowest BCUT2D eigenvalue weighted by atomic mass is 10.1. The minimum atomic E-state index is 0.443. The van der Waals surface area contributed by atoms with Crippen molar-refractivity contribution in [1.82, 2.24) is 0 Å². The van der Waals surface area contributed by atoms with E-state index in [1.807, 2.05) is 18.2 Å². The van der Waals surface area contributed by atoms with Gasteiger partial charge in [-0.3, -0.25) is 0 Å². The molecule has 1 aromatic rings. The molecule has 4 heteroatoms. The zero-order valence-corrected chi connectivity index (χ0v) is 10.9. The van der Waals surface area contributed by atoms with E-state index in [-0.39, 0.29) is 0 Å². The highest BCUT2D eigenvalue weighted by atomic mass is 79.9. The van der Waals surface area contributed by atoms with Crippen LogP contribution in [-0.4, -0.2) is 11.0 Å². The second-order valence-corrected chi connectivity index (χ2v) is 5.37. The van der Waals surface area contributed by atoms with Crippen LogP contribution in [0, 0.1) is 5.92 Å². The van der Waals surface area contributed by atoms with E-state index in [1.54, 1.807) is 0 Å². The molecule has 0 bridgehead atoms. The molecule has 0 saturated heterocycles. The highest BCUT2D eigenvalue weighted by Gasteiger charge is 2.32. The largest absolute Gasteiger partial charge is 0.389 e. The lowest BCUT2D eigenvalue weighted by molar-refractivity contribution is 0.929. The fourth-order valence-corrected chi connectivity index (χ4v) is 2.11. The first-order valence-corrected chi connectivity index (χ1v) is 6.14. The van der Waals surface area contributed by atoms with Crippen LogP contribution in [-0.2, 0) is 0 Å². The maximum atomic E-state index is 5.67. The Morgan fingerprint density at radius 2 is 2.27 bits per heavy atom. The van der Waals surface area contributed by atoms with Gasteiger partial charge in [0.2, 0.25) is 0 Å². The van der Waals surface area contributed by atoms with Crippen molar-refractivity contribution in [3.05, 3.63) is 28.2 Å². The molecule has 1 aliphatic rings. The highest BCUT2D eigenvalue weighted by Crippen LogP contribution is 2.34. The average molecular weight is 285 g/mol. The van der Waals surface area contributed by atoms with E-state index in [9.17, 15) is 0 Å². The first-order chi connectivity index (χ1) is 7.08. The lowest BCUT2D eigenvalue weighted by Gasteiger charge is -2.11. The van der Waals surface area contributed by atoms with Crippen LogP contribution in [0.2, 0.25) is 0 Å². The van der Waals surface area contributed by atoms with Gasteiger partial charge >= 0.3 is 0 Å². The molecular formula is C11H13BrN2S. The monoisotopic (exact) mass is 284 g/mol. The summed E-state index contributed by atoms with van der Waals surface area (Å²) in [5.41, 5.74) is 7.63. The van der Waals surface area contributed by atoms with Crippen molar-refractivity contribution in [3.63, 3.8) is 0 Å². The summed E-state index contributed by atoms with van der Waals surface area (Å²) < 4.78 is 1.04. The zero-order valence-electron chi connectivity index (χ0n) is 8.46. The summed E-state index contributed by atoms with van der Waals surface area (Å²) in [5.74, 6) is 0.753. The predicted molar refractivity (Wildman–Crippen MR) is 71.2 cm³/mol. The van der Waals surface area contributed by atoms with Gasteiger partial charge in [0.05, 0.1) is 0 Å². The van der Waals surface area contributed by atoms with Gasteiger partial charge in [-0.2, -0.15) is 0 Å². The van der Waals surface area contributed by atoms with E-state index in [1.165, 1.54) is 6.42 Å². The Balaban J connectivity index is 2.26. The Kier molecular flexibility index (Phi) is 2.98. The zero-order chi connectivity index (χ0) is 11.0. The van der Waals surface area contributed by atoms with E-state index in [0.29, 0.717) is 11.0 Å². The molecule has 2 atom stereocenters. The molecule has 0 aliphatic heterocycles. The number of hydrogen-bond donors (Lipinski definition) is 2. The van der Waals surface area contributed by atoms with Crippen molar-refractivity contribution in [2.45, 2.75) is 19.4 Å². The van der Waals surface area contributed by atoms with Crippen LogP contribution < -0.4 is 11.1 Å². The molecule has 2 rings (SSSR count). The fourth-order valence-electron chi connectivity index (χ4n) is 1.57. The van der Waals surface area contributed by atoms with Gasteiger partial charge in [0, 0.05) is 21.8 Å². The molecule has 1 aliphatic carbocycles. The quantitative estimate of drug-likeness (QED) is 0.839. The van der Waals surface area contributed by atoms with Gasteiger partial charge in [0.25, 0.3) is 0 Å². The molecule has 1 saturated carbocycles. The first-order valence-electron chi connectivity index (χ1n) is 4.94. The van der Waals surface area contributed by atoms with Crippen LogP contribution in [0.3, 0.4) is 0 Å². The van der Waals surface area contributed by atoms with E-state index >= 15 is 0 Å². The molecule has 0 radical (unpaired) electrons. The van der Waals surface area contributed by atoms with Crippen molar-refractivity contribution in [2.75, 3.05) is 5.32 Å². The molecule has 0 aromatic heterocycles. The van der Waals surface area contributed by atoms with Gasteiger partial charge < -0.3 is 11.1 Å². The van der Waals surface area contributed by atoms with Gasteiger partial charge in [0.15, 0.2) is 0 Å². The third-order valence-electron chi connectivity index (χ3n) is 2.70. The Morgan fingerprint density at radius 3 is 2.80 bits per heavy atom. The normalized spacial score (nSPS) is 23.6. The van der Waals surface area contributed by atoms with E-state index in [0.717, 1.165) is 21.6 Å². The first kappa shape index (κ1) is 10.9. The van der Waals surface area contributed by atoms with Gasteiger partial charge in [-0.05, 0) is 30.5 Å². The number of nitrogens with one attached hydrogen (secondary N) is 1. The second kappa shape index (κ2) is 4.10. The molecule has 2 unspecified atom stereocenters. The summed E-state index contributed by atoms with van der Waals surface area (Å²) in [4.78, 5) is 0.443. The highest BCUT2D eigenvalue weighted by molar-refractivity contribution is 9.10. The second-order valence-electron chi connectivity index (χ2n) is 4.02. The van der Waals surface area contributed by atoms with Gasteiger partial charge in [-0.1, -0.05) is 35.1 Å². The van der Waals surface area contributed by atoms with Crippen LogP contribution in [0.15, 0.2) is 22.7 Å². The van der Waals surface area contributed by atoms with Crippen molar-refractivity contribution in [2.24, 2.45) is 11.7 Å².